The summed E-state index contributed by atoms with van der Waals surface area (Å²) in [4.78, 5) is 11.4. The number of aliphatic imine (C=N–C) groups is 1. The van der Waals surface area contributed by atoms with Crippen molar-refractivity contribution in [3.63, 3.8) is 0 Å². The number of pyridine rings is 1. The lowest BCUT2D eigenvalue weighted by Crippen LogP contribution is -2.37. The fourth-order valence-corrected chi connectivity index (χ4v) is 2.83. The Labute approximate surface area is 174 Å². The number of nitrogens with one attached hydrogen (secondary N) is 2. The summed E-state index contributed by atoms with van der Waals surface area (Å²) in [5, 5.41) is 6.70. The Balaban J connectivity index is 0.00000576. The number of nitrogens with zero attached hydrogens (tertiary/aromatic N) is 3. The number of rotatable bonds is 11. The summed E-state index contributed by atoms with van der Waals surface area (Å²) in [6, 6.07) is 4.20. The normalized spacial score (nSPS) is 11.0. The topological polar surface area (TPSA) is 52.6 Å². The molecule has 0 saturated carbocycles. The number of anilines is 1. The second kappa shape index (κ2) is 15.5. The van der Waals surface area contributed by atoms with Crippen molar-refractivity contribution in [1.82, 2.24) is 15.6 Å². The Morgan fingerprint density at radius 3 is 2.48 bits per heavy atom. The molecule has 0 bridgehead atoms. The van der Waals surface area contributed by atoms with E-state index in [1.807, 2.05) is 18.0 Å². The molecule has 0 aromatic carbocycles. The van der Waals surface area contributed by atoms with Gasteiger partial charge in [-0.25, -0.2) is 9.98 Å². The third kappa shape index (κ3) is 10.1. The van der Waals surface area contributed by atoms with Gasteiger partial charge in [0.05, 0.1) is 6.54 Å². The maximum Gasteiger partial charge on any atom is 0.191 e. The van der Waals surface area contributed by atoms with Crippen LogP contribution < -0.4 is 15.5 Å². The molecule has 0 unspecified atom stereocenters. The molecule has 0 spiro atoms. The molecule has 0 fully saturated rings. The number of hydrogen-bond donors (Lipinski definition) is 2. The number of unbranched alkanes of at least 4 members (excludes halogenated alkanes) is 1. The van der Waals surface area contributed by atoms with Crippen molar-refractivity contribution in [2.45, 2.75) is 40.2 Å². The van der Waals surface area contributed by atoms with Gasteiger partial charge in [-0.1, -0.05) is 6.07 Å². The molecule has 1 rings (SSSR count). The lowest BCUT2D eigenvalue weighted by Gasteiger charge is -2.19. The van der Waals surface area contributed by atoms with E-state index in [0.717, 1.165) is 43.5 Å². The van der Waals surface area contributed by atoms with Gasteiger partial charge in [0.15, 0.2) is 5.96 Å². The first-order chi connectivity index (χ1) is 11.7. The second-order valence-corrected chi connectivity index (χ2v) is 6.50. The van der Waals surface area contributed by atoms with Crippen LogP contribution in [-0.2, 0) is 6.54 Å². The molecular formula is C18H34IN5S. The molecule has 2 N–H and O–H groups in total. The highest BCUT2D eigenvalue weighted by Crippen LogP contribution is 2.11. The summed E-state index contributed by atoms with van der Waals surface area (Å²) < 4.78 is 0. The SMILES string of the molecule is CCNC(=NCc1ccc(N(CC)CC)nc1)NCCCCSC.I. The van der Waals surface area contributed by atoms with Gasteiger partial charge in [0.25, 0.3) is 0 Å². The predicted octanol–water partition coefficient (Wildman–Crippen LogP) is 3.74. The zero-order chi connectivity index (χ0) is 17.6. The van der Waals surface area contributed by atoms with E-state index in [0.29, 0.717) is 6.54 Å². The van der Waals surface area contributed by atoms with Gasteiger partial charge in [0.2, 0.25) is 0 Å². The van der Waals surface area contributed by atoms with E-state index < -0.39 is 0 Å². The largest absolute Gasteiger partial charge is 0.357 e. The van der Waals surface area contributed by atoms with Crippen LogP contribution >= 0.6 is 35.7 Å². The first-order valence-corrected chi connectivity index (χ1v) is 10.3. The summed E-state index contributed by atoms with van der Waals surface area (Å²) in [5.41, 5.74) is 1.13. The van der Waals surface area contributed by atoms with Gasteiger partial charge in [-0.05, 0) is 57.3 Å². The van der Waals surface area contributed by atoms with Crippen molar-refractivity contribution in [3.8, 4) is 0 Å². The number of hydrogen-bond acceptors (Lipinski definition) is 4. The third-order valence-electron chi connectivity index (χ3n) is 3.73. The molecule has 0 atom stereocenters. The summed E-state index contributed by atoms with van der Waals surface area (Å²) in [7, 11) is 0. The Morgan fingerprint density at radius 2 is 1.92 bits per heavy atom. The monoisotopic (exact) mass is 479 g/mol. The van der Waals surface area contributed by atoms with Crippen LogP contribution in [-0.4, -0.2) is 49.1 Å². The molecule has 7 heteroatoms. The molecule has 1 aromatic heterocycles. The maximum atomic E-state index is 4.65. The smallest absolute Gasteiger partial charge is 0.191 e. The number of guanidine groups is 1. The highest BCUT2D eigenvalue weighted by atomic mass is 127. The predicted molar refractivity (Wildman–Crippen MR) is 124 cm³/mol. The van der Waals surface area contributed by atoms with Crippen molar-refractivity contribution in [2.75, 3.05) is 43.1 Å². The molecule has 0 aliphatic carbocycles. The fourth-order valence-electron chi connectivity index (χ4n) is 2.34. The Bertz CT molecular complexity index is 463. The van der Waals surface area contributed by atoms with Gasteiger partial charge in [-0.15, -0.1) is 24.0 Å². The Morgan fingerprint density at radius 1 is 1.16 bits per heavy atom. The van der Waals surface area contributed by atoms with Crippen LogP contribution in [0.25, 0.3) is 0 Å². The highest BCUT2D eigenvalue weighted by molar-refractivity contribution is 14.0. The highest BCUT2D eigenvalue weighted by Gasteiger charge is 2.03. The summed E-state index contributed by atoms with van der Waals surface area (Å²) in [6.07, 6.45) is 6.49. The zero-order valence-electron chi connectivity index (χ0n) is 16.0. The third-order valence-corrected chi connectivity index (χ3v) is 4.43. The van der Waals surface area contributed by atoms with E-state index in [9.17, 15) is 0 Å². The molecule has 1 heterocycles. The van der Waals surface area contributed by atoms with Crippen molar-refractivity contribution in [2.24, 2.45) is 4.99 Å². The van der Waals surface area contributed by atoms with Gasteiger partial charge in [0, 0.05) is 32.4 Å². The molecule has 0 radical (unpaired) electrons. The minimum absolute atomic E-state index is 0. The zero-order valence-corrected chi connectivity index (χ0v) is 19.2. The maximum absolute atomic E-state index is 4.65. The number of halogens is 1. The van der Waals surface area contributed by atoms with Crippen molar-refractivity contribution >= 4 is 47.5 Å². The van der Waals surface area contributed by atoms with E-state index in [-0.39, 0.29) is 24.0 Å². The molecule has 0 saturated heterocycles. The molecule has 1 aromatic rings. The molecule has 0 amide bonds. The van der Waals surface area contributed by atoms with Gasteiger partial charge in [0.1, 0.15) is 5.82 Å². The Hall–Kier alpha value is -0.700. The summed E-state index contributed by atoms with van der Waals surface area (Å²) >= 11 is 1.90. The van der Waals surface area contributed by atoms with Crippen LogP contribution in [0.4, 0.5) is 5.82 Å². The van der Waals surface area contributed by atoms with Crippen LogP contribution in [0.3, 0.4) is 0 Å². The van der Waals surface area contributed by atoms with Crippen LogP contribution in [0.15, 0.2) is 23.3 Å². The first kappa shape index (κ1) is 24.3. The minimum atomic E-state index is 0. The van der Waals surface area contributed by atoms with Crippen molar-refractivity contribution in [1.29, 1.82) is 0 Å². The number of thioether (sulfide) groups is 1. The Kier molecular flexibility index (Phi) is 15.1. The molecule has 144 valence electrons. The quantitative estimate of drug-likeness (QED) is 0.219. The average molecular weight is 479 g/mol. The second-order valence-electron chi connectivity index (χ2n) is 5.52. The van der Waals surface area contributed by atoms with Gasteiger partial charge in [-0.3, -0.25) is 0 Å². The lowest BCUT2D eigenvalue weighted by molar-refractivity contribution is 0.734. The van der Waals surface area contributed by atoms with Crippen LogP contribution in [0.2, 0.25) is 0 Å². The molecule has 5 nitrogen and oxygen atoms in total. The van der Waals surface area contributed by atoms with Crippen LogP contribution in [0.1, 0.15) is 39.2 Å². The summed E-state index contributed by atoms with van der Waals surface area (Å²) in [6.45, 7) is 10.8. The standard InChI is InChI=1S/C18H33N5S.HI/c1-5-19-18(20-12-8-9-13-24-4)22-15-16-10-11-17(21-14-16)23(6-2)7-3;/h10-11,14H,5-9,12-13,15H2,1-4H3,(H2,19,20,22);1H. The van der Waals surface area contributed by atoms with Crippen LogP contribution in [0, 0.1) is 0 Å². The fraction of sp³-hybridized carbons (Fsp3) is 0.667. The van der Waals surface area contributed by atoms with Gasteiger partial charge >= 0.3 is 0 Å². The molecule has 25 heavy (non-hydrogen) atoms. The van der Waals surface area contributed by atoms with Crippen LogP contribution in [0.5, 0.6) is 0 Å². The minimum Gasteiger partial charge on any atom is -0.357 e. The lowest BCUT2D eigenvalue weighted by atomic mass is 10.3. The molecular weight excluding hydrogens is 445 g/mol. The van der Waals surface area contributed by atoms with E-state index in [1.54, 1.807) is 0 Å². The molecule has 0 aliphatic rings. The molecule has 0 aliphatic heterocycles. The van der Waals surface area contributed by atoms with E-state index >= 15 is 0 Å². The number of aromatic nitrogens is 1. The van der Waals surface area contributed by atoms with E-state index in [4.69, 9.17) is 0 Å². The van der Waals surface area contributed by atoms with E-state index in [2.05, 4.69) is 64.7 Å². The van der Waals surface area contributed by atoms with Gasteiger partial charge < -0.3 is 15.5 Å². The van der Waals surface area contributed by atoms with Crippen molar-refractivity contribution < 1.29 is 0 Å². The van der Waals surface area contributed by atoms with Crippen molar-refractivity contribution in [3.05, 3.63) is 23.9 Å². The first-order valence-electron chi connectivity index (χ1n) is 8.96. The average Bonchev–Trinajstić information content (AvgIpc) is 2.61. The van der Waals surface area contributed by atoms with E-state index in [1.165, 1.54) is 18.6 Å². The summed E-state index contributed by atoms with van der Waals surface area (Å²) in [5.74, 6) is 3.14. The van der Waals surface area contributed by atoms with Gasteiger partial charge in [-0.2, -0.15) is 11.8 Å².